The lowest BCUT2D eigenvalue weighted by Gasteiger charge is -2.06. The first-order valence-electron chi connectivity index (χ1n) is 14.5. The van der Waals surface area contributed by atoms with Gasteiger partial charge in [0.25, 0.3) is 0 Å². The molecule has 0 heterocycles. The number of carbonyl (C=O) groups is 2. The van der Waals surface area contributed by atoms with Crippen molar-refractivity contribution in [3.05, 3.63) is 0 Å². The van der Waals surface area contributed by atoms with Crippen LogP contribution >= 0.6 is 11.8 Å². The summed E-state index contributed by atoms with van der Waals surface area (Å²) in [5.41, 5.74) is 0. The molecule has 1 unspecified atom stereocenters. The summed E-state index contributed by atoms with van der Waals surface area (Å²) in [5, 5.41) is 16.3. The van der Waals surface area contributed by atoms with Crippen molar-refractivity contribution < 1.29 is 19.8 Å². The second-order valence-corrected chi connectivity index (χ2v) is 11.1. The standard InChI is InChI=1S/C26H52O2S.C3H6O2/c1-3-4-5-6-7-8-9-10-11-12-13-14-15-16-17-18-19-20-21-22-23-24-29-25(2)26(27)28;1-2-3(4)5/h25H,3-24H2,1-2H3,(H,27,28);2H2,1H3,(H,4,5). The van der Waals surface area contributed by atoms with Crippen LogP contribution in [0.2, 0.25) is 0 Å². The first-order chi connectivity index (χ1) is 16.5. The quantitative estimate of drug-likeness (QED) is 0.121. The second kappa shape index (κ2) is 30.3. The van der Waals surface area contributed by atoms with E-state index in [0.717, 1.165) is 5.75 Å². The van der Waals surface area contributed by atoms with Crippen LogP contribution < -0.4 is 0 Å². The molecule has 2 N–H and O–H groups in total. The maximum absolute atomic E-state index is 10.7. The van der Waals surface area contributed by atoms with Crippen LogP contribution in [0.15, 0.2) is 0 Å². The van der Waals surface area contributed by atoms with Crippen LogP contribution in [0.25, 0.3) is 0 Å². The highest BCUT2D eigenvalue weighted by atomic mass is 32.2. The molecule has 0 aromatic carbocycles. The molecule has 0 aliphatic carbocycles. The molecule has 0 spiro atoms. The molecule has 0 rings (SSSR count). The van der Waals surface area contributed by atoms with Crippen LogP contribution in [0.1, 0.15) is 162 Å². The van der Waals surface area contributed by atoms with Crippen LogP contribution in [-0.4, -0.2) is 33.2 Å². The third kappa shape index (κ3) is 33.5. The molecule has 0 aromatic heterocycles. The van der Waals surface area contributed by atoms with Gasteiger partial charge in [0.05, 0.1) is 5.25 Å². The van der Waals surface area contributed by atoms with Gasteiger partial charge in [-0.15, -0.1) is 11.8 Å². The van der Waals surface area contributed by atoms with Crippen molar-refractivity contribution in [3.63, 3.8) is 0 Å². The van der Waals surface area contributed by atoms with Gasteiger partial charge in [0.15, 0.2) is 0 Å². The summed E-state index contributed by atoms with van der Waals surface area (Å²) in [7, 11) is 0. The van der Waals surface area contributed by atoms with E-state index in [1.165, 1.54) is 135 Å². The lowest BCUT2D eigenvalue weighted by Crippen LogP contribution is -2.11. The number of aliphatic carboxylic acids is 2. The van der Waals surface area contributed by atoms with Crippen LogP contribution in [-0.2, 0) is 9.59 Å². The Kier molecular flexibility index (Phi) is 31.6. The predicted octanol–water partition coefficient (Wildman–Crippen LogP) is 9.89. The summed E-state index contributed by atoms with van der Waals surface area (Å²) in [6.07, 6.45) is 29.8. The highest BCUT2D eigenvalue weighted by Crippen LogP contribution is 2.16. The highest BCUT2D eigenvalue weighted by Gasteiger charge is 2.09. The van der Waals surface area contributed by atoms with E-state index in [0.29, 0.717) is 0 Å². The Bertz CT molecular complexity index is 428. The van der Waals surface area contributed by atoms with Crippen LogP contribution in [0.5, 0.6) is 0 Å². The van der Waals surface area contributed by atoms with Gasteiger partial charge in [-0.05, 0) is 19.1 Å². The van der Waals surface area contributed by atoms with E-state index in [2.05, 4.69) is 6.92 Å². The van der Waals surface area contributed by atoms with E-state index in [1.54, 1.807) is 25.6 Å². The number of hydrogen-bond acceptors (Lipinski definition) is 3. The fraction of sp³-hybridized carbons (Fsp3) is 0.931. The van der Waals surface area contributed by atoms with Gasteiger partial charge in [0, 0.05) is 6.42 Å². The van der Waals surface area contributed by atoms with E-state index < -0.39 is 11.9 Å². The topological polar surface area (TPSA) is 74.6 Å². The van der Waals surface area contributed by atoms with Gasteiger partial charge in [-0.1, -0.05) is 142 Å². The van der Waals surface area contributed by atoms with Gasteiger partial charge in [-0.25, -0.2) is 0 Å². The molecular formula is C29H58O4S. The Morgan fingerprint density at radius 3 is 1.06 bits per heavy atom. The minimum atomic E-state index is -0.745. The normalized spacial score (nSPS) is 11.6. The Balaban J connectivity index is 0. The molecule has 0 aliphatic rings. The minimum absolute atomic E-state index is 0.222. The Hall–Kier alpha value is -0.710. The van der Waals surface area contributed by atoms with Crippen molar-refractivity contribution in [1.29, 1.82) is 0 Å². The van der Waals surface area contributed by atoms with Crippen LogP contribution in [0.4, 0.5) is 0 Å². The summed E-state index contributed by atoms with van der Waals surface area (Å²) < 4.78 is 0. The third-order valence-corrected chi connectivity index (χ3v) is 7.49. The van der Waals surface area contributed by atoms with Crippen molar-refractivity contribution in [1.82, 2.24) is 0 Å². The molecule has 0 aliphatic heterocycles. The average molecular weight is 503 g/mol. The molecule has 0 saturated heterocycles. The Morgan fingerprint density at radius 2 is 0.824 bits per heavy atom. The molecule has 4 nitrogen and oxygen atoms in total. The van der Waals surface area contributed by atoms with Crippen molar-refractivity contribution in [2.45, 2.75) is 167 Å². The fourth-order valence-corrected chi connectivity index (χ4v) is 4.73. The van der Waals surface area contributed by atoms with E-state index in [9.17, 15) is 9.59 Å². The maximum Gasteiger partial charge on any atom is 0.316 e. The largest absolute Gasteiger partial charge is 0.481 e. The summed E-state index contributed by atoms with van der Waals surface area (Å²) in [6.45, 7) is 5.67. The zero-order valence-corrected chi connectivity index (χ0v) is 23.8. The molecular weight excluding hydrogens is 444 g/mol. The molecule has 0 aromatic rings. The number of thioether (sulfide) groups is 1. The zero-order valence-electron chi connectivity index (χ0n) is 23.0. The van der Waals surface area contributed by atoms with Crippen molar-refractivity contribution in [3.8, 4) is 0 Å². The summed E-state index contributed by atoms with van der Waals surface area (Å²) >= 11 is 1.58. The summed E-state index contributed by atoms with van der Waals surface area (Å²) in [6, 6.07) is 0. The van der Waals surface area contributed by atoms with E-state index >= 15 is 0 Å². The van der Waals surface area contributed by atoms with Crippen molar-refractivity contribution in [2.75, 3.05) is 5.75 Å². The predicted molar refractivity (Wildman–Crippen MR) is 150 cm³/mol. The highest BCUT2D eigenvalue weighted by molar-refractivity contribution is 8.00. The lowest BCUT2D eigenvalue weighted by atomic mass is 10.0. The Morgan fingerprint density at radius 1 is 0.559 bits per heavy atom. The zero-order chi connectivity index (χ0) is 25.7. The number of rotatable bonds is 25. The van der Waals surface area contributed by atoms with Gasteiger partial charge in [-0.3, -0.25) is 9.59 Å². The molecule has 1 atom stereocenters. The molecule has 0 radical (unpaired) electrons. The fourth-order valence-electron chi connectivity index (χ4n) is 3.87. The number of hydrogen-bond donors (Lipinski definition) is 2. The number of unbranched alkanes of at least 4 members (excludes halogenated alkanes) is 20. The van der Waals surface area contributed by atoms with Crippen LogP contribution in [0.3, 0.4) is 0 Å². The molecule has 0 bridgehead atoms. The molecule has 34 heavy (non-hydrogen) atoms. The minimum Gasteiger partial charge on any atom is -0.481 e. The lowest BCUT2D eigenvalue weighted by molar-refractivity contribution is -0.137. The van der Waals surface area contributed by atoms with Gasteiger partial charge >= 0.3 is 11.9 Å². The Labute approximate surface area is 216 Å². The molecule has 204 valence electrons. The second-order valence-electron chi connectivity index (χ2n) is 9.67. The van der Waals surface area contributed by atoms with E-state index in [-0.39, 0.29) is 11.7 Å². The summed E-state index contributed by atoms with van der Waals surface area (Å²) in [5.74, 6) is -0.435. The van der Waals surface area contributed by atoms with E-state index in [1.807, 2.05) is 0 Å². The van der Waals surface area contributed by atoms with E-state index in [4.69, 9.17) is 10.2 Å². The molecule has 0 saturated carbocycles. The summed E-state index contributed by atoms with van der Waals surface area (Å²) in [4.78, 5) is 20.1. The third-order valence-electron chi connectivity index (χ3n) is 6.27. The van der Waals surface area contributed by atoms with Gasteiger partial charge in [0.1, 0.15) is 0 Å². The van der Waals surface area contributed by atoms with Crippen molar-refractivity contribution >= 4 is 23.7 Å². The molecule has 5 heteroatoms. The average Bonchev–Trinajstić information content (AvgIpc) is 2.82. The first-order valence-corrected chi connectivity index (χ1v) is 15.6. The SMILES string of the molecule is CCC(=O)O.CCCCCCCCCCCCCCCCCCCCCCCSC(C)C(=O)O. The number of carboxylic acid groups (broad SMARTS) is 2. The molecule has 0 fully saturated rings. The van der Waals surface area contributed by atoms with Crippen LogP contribution in [0, 0.1) is 0 Å². The first kappa shape index (κ1) is 35.5. The smallest absolute Gasteiger partial charge is 0.316 e. The van der Waals surface area contributed by atoms with Gasteiger partial charge < -0.3 is 10.2 Å². The maximum atomic E-state index is 10.7. The number of carboxylic acids is 2. The molecule has 0 amide bonds. The van der Waals surface area contributed by atoms with Gasteiger partial charge in [-0.2, -0.15) is 0 Å². The monoisotopic (exact) mass is 502 g/mol. The van der Waals surface area contributed by atoms with Crippen molar-refractivity contribution in [2.24, 2.45) is 0 Å². The van der Waals surface area contributed by atoms with Gasteiger partial charge in [0.2, 0.25) is 0 Å².